The zero-order chi connectivity index (χ0) is 15.2. The van der Waals surface area contributed by atoms with Crippen molar-refractivity contribution >= 4 is 0 Å². The van der Waals surface area contributed by atoms with Crippen molar-refractivity contribution in [2.24, 2.45) is 17.1 Å². The normalized spacial score (nSPS) is 36.4. The average Bonchev–Trinajstić information content (AvgIpc) is 2.37. The van der Waals surface area contributed by atoms with Gasteiger partial charge in [0.25, 0.3) is 0 Å². The van der Waals surface area contributed by atoms with Gasteiger partial charge in [-0.3, -0.25) is 4.90 Å². The monoisotopic (exact) mass is 280 g/mol. The molecule has 2 fully saturated rings. The van der Waals surface area contributed by atoms with Crippen LogP contribution in [0, 0.1) is 11.3 Å². The third-order valence-corrected chi connectivity index (χ3v) is 5.65. The Balaban J connectivity index is 2.19. The molecule has 0 spiro atoms. The summed E-state index contributed by atoms with van der Waals surface area (Å²) < 4.78 is 6.00. The average molecular weight is 280 g/mol. The lowest BCUT2D eigenvalue weighted by atomic mass is 9.46. The van der Waals surface area contributed by atoms with Gasteiger partial charge in [0.2, 0.25) is 0 Å². The Hall–Kier alpha value is -0.380. The summed E-state index contributed by atoms with van der Waals surface area (Å²) in [6.07, 6.45) is 4.67. The Bertz CT molecular complexity index is 372. The van der Waals surface area contributed by atoms with Gasteiger partial charge < -0.3 is 10.5 Å². The smallest absolute Gasteiger partial charge is 0.0690 e. The second kappa shape index (κ2) is 5.11. The van der Waals surface area contributed by atoms with Crippen molar-refractivity contribution in [1.29, 1.82) is 0 Å². The SMILES string of the molecule is C=CCN(CC1(N)C2CCCOC2C1(C)C)C(C)(C)C. The van der Waals surface area contributed by atoms with Crippen LogP contribution in [-0.4, -0.2) is 41.8 Å². The molecular formula is C17H32N2O. The molecule has 20 heavy (non-hydrogen) atoms. The Kier molecular flexibility index (Phi) is 4.09. The van der Waals surface area contributed by atoms with Gasteiger partial charge in [0.05, 0.1) is 6.10 Å². The molecule has 3 unspecified atom stereocenters. The summed E-state index contributed by atoms with van der Waals surface area (Å²) in [6, 6.07) is 0. The molecule has 0 aromatic carbocycles. The van der Waals surface area contributed by atoms with Crippen molar-refractivity contribution in [1.82, 2.24) is 4.90 Å². The van der Waals surface area contributed by atoms with Crippen molar-refractivity contribution in [3.8, 4) is 0 Å². The van der Waals surface area contributed by atoms with Gasteiger partial charge in [-0.25, -0.2) is 0 Å². The first-order valence-electron chi connectivity index (χ1n) is 7.91. The Morgan fingerprint density at radius 2 is 2.05 bits per heavy atom. The summed E-state index contributed by atoms with van der Waals surface area (Å²) in [4.78, 5) is 2.45. The summed E-state index contributed by atoms with van der Waals surface area (Å²) in [7, 11) is 0. The zero-order valence-corrected chi connectivity index (χ0v) is 13.9. The van der Waals surface area contributed by atoms with E-state index in [4.69, 9.17) is 10.5 Å². The van der Waals surface area contributed by atoms with E-state index in [2.05, 4.69) is 46.1 Å². The lowest BCUT2D eigenvalue weighted by Crippen LogP contribution is -2.81. The van der Waals surface area contributed by atoms with E-state index in [9.17, 15) is 0 Å². The molecule has 2 N–H and O–H groups in total. The topological polar surface area (TPSA) is 38.5 Å². The maximum absolute atomic E-state index is 6.91. The maximum atomic E-state index is 6.91. The third-order valence-electron chi connectivity index (χ3n) is 5.65. The minimum Gasteiger partial charge on any atom is -0.377 e. The van der Waals surface area contributed by atoms with E-state index in [1.165, 1.54) is 6.42 Å². The number of fused-ring (bicyclic) bond motifs is 1. The molecule has 3 nitrogen and oxygen atoms in total. The molecule has 0 aromatic heterocycles. The van der Waals surface area contributed by atoms with Crippen LogP contribution in [0.15, 0.2) is 12.7 Å². The van der Waals surface area contributed by atoms with Crippen LogP contribution in [0.3, 0.4) is 0 Å². The molecule has 116 valence electrons. The van der Waals surface area contributed by atoms with Crippen LogP contribution in [0.25, 0.3) is 0 Å². The van der Waals surface area contributed by atoms with Gasteiger partial charge in [-0.15, -0.1) is 6.58 Å². The van der Waals surface area contributed by atoms with Crippen molar-refractivity contribution in [2.45, 2.75) is 64.6 Å². The molecule has 1 aliphatic heterocycles. The number of hydrogen-bond acceptors (Lipinski definition) is 3. The number of hydrogen-bond donors (Lipinski definition) is 1. The summed E-state index contributed by atoms with van der Waals surface area (Å²) in [5.41, 5.74) is 6.90. The van der Waals surface area contributed by atoms with Crippen LogP contribution in [0.5, 0.6) is 0 Å². The molecule has 0 amide bonds. The van der Waals surface area contributed by atoms with Crippen molar-refractivity contribution in [3.05, 3.63) is 12.7 Å². The van der Waals surface area contributed by atoms with Crippen molar-refractivity contribution < 1.29 is 4.74 Å². The standard InChI is InChI=1S/C17H32N2O/c1-7-10-19(15(2,3)4)12-17(18)13-9-8-11-20-14(13)16(17,5)6/h7,13-14H,1,8-12,18H2,2-6H3. The Morgan fingerprint density at radius 1 is 1.40 bits per heavy atom. The van der Waals surface area contributed by atoms with Gasteiger partial charge in [-0.05, 0) is 33.6 Å². The maximum Gasteiger partial charge on any atom is 0.0690 e. The zero-order valence-electron chi connectivity index (χ0n) is 13.9. The van der Waals surface area contributed by atoms with E-state index >= 15 is 0 Å². The highest BCUT2D eigenvalue weighted by Gasteiger charge is 2.66. The predicted octanol–water partition coefficient (Wildman–Crippen LogP) is 2.81. The molecular weight excluding hydrogens is 248 g/mol. The van der Waals surface area contributed by atoms with E-state index in [1.807, 2.05) is 6.08 Å². The molecule has 0 bridgehead atoms. The van der Waals surface area contributed by atoms with Crippen molar-refractivity contribution in [2.75, 3.05) is 19.7 Å². The molecule has 0 radical (unpaired) electrons. The third kappa shape index (κ3) is 2.34. The fourth-order valence-electron chi connectivity index (χ4n) is 4.03. The molecule has 2 rings (SSSR count). The van der Waals surface area contributed by atoms with Gasteiger partial charge in [0.1, 0.15) is 0 Å². The van der Waals surface area contributed by atoms with E-state index in [-0.39, 0.29) is 16.5 Å². The second-order valence-electron chi connectivity index (χ2n) is 8.14. The molecule has 2 aliphatic rings. The molecule has 1 heterocycles. The van der Waals surface area contributed by atoms with Gasteiger partial charge in [0, 0.05) is 42.1 Å². The molecule has 3 heteroatoms. The molecule has 1 saturated heterocycles. The summed E-state index contributed by atoms with van der Waals surface area (Å²) >= 11 is 0. The summed E-state index contributed by atoms with van der Waals surface area (Å²) in [5, 5.41) is 0. The van der Waals surface area contributed by atoms with Gasteiger partial charge in [-0.2, -0.15) is 0 Å². The van der Waals surface area contributed by atoms with Crippen LogP contribution in [0.2, 0.25) is 0 Å². The minimum atomic E-state index is -0.158. The number of nitrogens with two attached hydrogens (primary N) is 1. The van der Waals surface area contributed by atoms with Crippen molar-refractivity contribution in [3.63, 3.8) is 0 Å². The highest BCUT2D eigenvalue weighted by molar-refractivity contribution is 5.21. The lowest BCUT2D eigenvalue weighted by Gasteiger charge is -2.68. The van der Waals surface area contributed by atoms with Crippen LogP contribution < -0.4 is 5.73 Å². The summed E-state index contributed by atoms with van der Waals surface area (Å²) in [5.74, 6) is 0.501. The second-order valence-corrected chi connectivity index (χ2v) is 8.14. The fraction of sp³-hybridized carbons (Fsp3) is 0.882. The predicted molar refractivity (Wildman–Crippen MR) is 84.7 cm³/mol. The first kappa shape index (κ1) is 16.0. The largest absolute Gasteiger partial charge is 0.377 e. The molecule has 0 aromatic rings. The van der Waals surface area contributed by atoms with E-state index in [0.29, 0.717) is 12.0 Å². The minimum absolute atomic E-state index is 0.0444. The van der Waals surface area contributed by atoms with Crippen LogP contribution in [0.4, 0.5) is 0 Å². The Labute approximate surface area is 124 Å². The number of nitrogens with zero attached hydrogens (tertiary/aromatic N) is 1. The molecule has 1 saturated carbocycles. The quantitative estimate of drug-likeness (QED) is 0.805. The molecule has 3 atom stereocenters. The van der Waals surface area contributed by atoms with Crippen LogP contribution >= 0.6 is 0 Å². The summed E-state index contributed by atoms with van der Waals surface area (Å²) in [6.45, 7) is 17.9. The number of ether oxygens (including phenoxy) is 1. The highest BCUT2D eigenvalue weighted by Crippen LogP contribution is 2.57. The fourth-order valence-corrected chi connectivity index (χ4v) is 4.03. The van der Waals surface area contributed by atoms with Crippen LogP contribution in [-0.2, 0) is 4.74 Å². The first-order chi connectivity index (χ1) is 9.14. The van der Waals surface area contributed by atoms with Gasteiger partial charge in [-0.1, -0.05) is 19.9 Å². The van der Waals surface area contributed by atoms with E-state index < -0.39 is 0 Å². The van der Waals surface area contributed by atoms with E-state index in [0.717, 1.165) is 26.1 Å². The lowest BCUT2D eigenvalue weighted by molar-refractivity contribution is -0.234. The van der Waals surface area contributed by atoms with Gasteiger partial charge in [0.15, 0.2) is 0 Å². The van der Waals surface area contributed by atoms with Crippen LogP contribution in [0.1, 0.15) is 47.5 Å². The Morgan fingerprint density at radius 3 is 2.60 bits per heavy atom. The van der Waals surface area contributed by atoms with E-state index in [1.54, 1.807) is 0 Å². The molecule has 1 aliphatic carbocycles. The first-order valence-corrected chi connectivity index (χ1v) is 7.91. The highest BCUT2D eigenvalue weighted by atomic mass is 16.5. The number of rotatable bonds is 4. The van der Waals surface area contributed by atoms with Gasteiger partial charge >= 0.3 is 0 Å².